The Bertz CT molecular complexity index is 442. The summed E-state index contributed by atoms with van der Waals surface area (Å²) in [5.74, 6) is -0.136. The van der Waals surface area contributed by atoms with E-state index in [9.17, 15) is 9.59 Å². The molecule has 0 radical (unpaired) electrons. The van der Waals surface area contributed by atoms with Gasteiger partial charge < -0.3 is 20.3 Å². The van der Waals surface area contributed by atoms with Gasteiger partial charge in [-0.2, -0.15) is 0 Å². The lowest BCUT2D eigenvalue weighted by Crippen LogP contribution is -2.46. The minimum absolute atomic E-state index is 0.191. The molecule has 0 fully saturated rings. The second-order valence-corrected chi connectivity index (χ2v) is 4.80. The molecule has 7 heteroatoms. The number of aliphatic carboxylic acids is 1. The molecule has 1 atom stereocenters. The topological polar surface area (TPSA) is 96.3 Å². The lowest BCUT2D eigenvalue weighted by molar-refractivity contribution is -0.139. The molecule has 2 amide bonds. The van der Waals surface area contributed by atoms with Crippen molar-refractivity contribution in [2.75, 3.05) is 0 Å². The summed E-state index contributed by atoms with van der Waals surface area (Å²) in [7, 11) is 1.82. The maximum absolute atomic E-state index is 11.6. The number of carbonyl (C=O) groups is 2. The highest BCUT2D eigenvalue weighted by molar-refractivity contribution is 5.82. The maximum Gasteiger partial charge on any atom is 0.326 e. The molecular formula is C12H20N4O3. The lowest BCUT2D eigenvalue weighted by atomic mass is 10.0. The molecule has 0 aromatic carbocycles. The van der Waals surface area contributed by atoms with Crippen LogP contribution in [0.5, 0.6) is 0 Å². The maximum atomic E-state index is 11.6. The number of carboxylic acid groups (broad SMARTS) is 1. The molecule has 1 heterocycles. The summed E-state index contributed by atoms with van der Waals surface area (Å²) >= 11 is 0. The number of nitrogens with zero attached hydrogens (tertiary/aromatic N) is 2. The van der Waals surface area contributed by atoms with Gasteiger partial charge in [-0.3, -0.25) is 0 Å². The Hall–Kier alpha value is -2.05. The number of nitrogens with one attached hydrogen (secondary N) is 2. The van der Waals surface area contributed by atoms with Crippen molar-refractivity contribution in [3.05, 3.63) is 18.2 Å². The van der Waals surface area contributed by atoms with E-state index in [0.717, 1.165) is 0 Å². The third-order valence-corrected chi connectivity index (χ3v) is 2.64. The number of hydrogen-bond donors (Lipinski definition) is 3. The van der Waals surface area contributed by atoms with Crippen molar-refractivity contribution in [2.45, 2.75) is 32.9 Å². The average Bonchev–Trinajstić information content (AvgIpc) is 2.70. The van der Waals surface area contributed by atoms with Crippen molar-refractivity contribution in [3.63, 3.8) is 0 Å². The van der Waals surface area contributed by atoms with E-state index in [4.69, 9.17) is 5.11 Å². The Kier molecular flexibility index (Phi) is 5.35. The van der Waals surface area contributed by atoms with Gasteiger partial charge in [0.2, 0.25) is 0 Å². The summed E-state index contributed by atoms with van der Waals surface area (Å²) in [5, 5.41) is 14.0. The van der Waals surface area contributed by atoms with E-state index in [2.05, 4.69) is 15.6 Å². The molecule has 0 spiro atoms. The van der Waals surface area contributed by atoms with Gasteiger partial charge in [0.1, 0.15) is 11.9 Å². The molecule has 1 rings (SSSR count). The van der Waals surface area contributed by atoms with Crippen LogP contribution >= 0.6 is 0 Å². The van der Waals surface area contributed by atoms with Crippen LogP contribution in [0.2, 0.25) is 0 Å². The quantitative estimate of drug-likeness (QED) is 0.708. The number of urea groups is 1. The normalized spacial score (nSPS) is 12.2. The summed E-state index contributed by atoms with van der Waals surface area (Å²) in [6.45, 7) is 4.07. The van der Waals surface area contributed by atoms with E-state index in [-0.39, 0.29) is 12.5 Å². The Morgan fingerprint density at radius 1 is 1.47 bits per heavy atom. The van der Waals surface area contributed by atoms with Crippen molar-refractivity contribution in [1.29, 1.82) is 0 Å². The van der Waals surface area contributed by atoms with Gasteiger partial charge >= 0.3 is 12.0 Å². The SMILES string of the molecule is CC(C)C[C@H](NC(=O)NCc1nccn1C)C(=O)O. The van der Waals surface area contributed by atoms with Crippen LogP contribution in [0.1, 0.15) is 26.1 Å². The highest BCUT2D eigenvalue weighted by Gasteiger charge is 2.20. The first-order chi connectivity index (χ1) is 8.90. The van der Waals surface area contributed by atoms with Crippen molar-refractivity contribution in [2.24, 2.45) is 13.0 Å². The second kappa shape index (κ2) is 6.77. The molecule has 0 aliphatic rings. The minimum atomic E-state index is -1.03. The summed E-state index contributed by atoms with van der Waals surface area (Å²) < 4.78 is 1.78. The Morgan fingerprint density at radius 2 is 2.16 bits per heavy atom. The minimum Gasteiger partial charge on any atom is -0.480 e. The van der Waals surface area contributed by atoms with Crippen LogP contribution < -0.4 is 10.6 Å². The van der Waals surface area contributed by atoms with Crippen LogP contribution in [-0.4, -0.2) is 32.7 Å². The molecule has 3 N–H and O–H groups in total. The van der Waals surface area contributed by atoms with E-state index in [1.807, 2.05) is 20.9 Å². The van der Waals surface area contributed by atoms with Crippen LogP contribution in [0.25, 0.3) is 0 Å². The highest BCUT2D eigenvalue weighted by Crippen LogP contribution is 2.04. The smallest absolute Gasteiger partial charge is 0.326 e. The largest absolute Gasteiger partial charge is 0.480 e. The Morgan fingerprint density at radius 3 is 2.63 bits per heavy atom. The van der Waals surface area contributed by atoms with Gasteiger partial charge in [-0.05, 0) is 12.3 Å². The standard InChI is InChI=1S/C12H20N4O3/c1-8(2)6-9(11(17)18)15-12(19)14-7-10-13-4-5-16(10)3/h4-5,8-9H,6-7H2,1-3H3,(H,17,18)(H2,14,15,19)/t9-/m0/s1. The van der Waals surface area contributed by atoms with Crippen molar-refractivity contribution >= 4 is 12.0 Å². The molecule has 0 bridgehead atoms. The number of amides is 2. The first-order valence-electron chi connectivity index (χ1n) is 6.13. The first-order valence-corrected chi connectivity index (χ1v) is 6.13. The second-order valence-electron chi connectivity index (χ2n) is 4.80. The van der Waals surface area contributed by atoms with Gasteiger partial charge in [0.25, 0.3) is 0 Å². The van der Waals surface area contributed by atoms with Crippen LogP contribution in [0, 0.1) is 5.92 Å². The Balaban J connectivity index is 2.45. The summed E-state index contributed by atoms with van der Waals surface area (Å²) in [6.07, 6.45) is 3.80. The molecule has 1 aromatic rings. The first kappa shape index (κ1) is 15.0. The molecular weight excluding hydrogens is 248 g/mol. The summed E-state index contributed by atoms with van der Waals surface area (Å²) in [6, 6.07) is -1.38. The predicted octanol–water partition coefficient (Wildman–Crippen LogP) is 0.719. The Labute approximate surface area is 112 Å². The van der Waals surface area contributed by atoms with Crippen LogP contribution in [0.4, 0.5) is 4.79 Å². The molecule has 0 saturated heterocycles. The van der Waals surface area contributed by atoms with E-state index >= 15 is 0 Å². The number of carboxylic acids is 1. The molecule has 1 aromatic heterocycles. The van der Waals surface area contributed by atoms with Crippen molar-refractivity contribution < 1.29 is 14.7 Å². The van der Waals surface area contributed by atoms with E-state index in [1.165, 1.54) is 0 Å². The van der Waals surface area contributed by atoms with E-state index in [0.29, 0.717) is 12.2 Å². The van der Waals surface area contributed by atoms with Gasteiger partial charge in [-0.1, -0.05) is 13.8 Å². The molecule has 0 unspecified atom stereocenters. The molecule has 0 aliphatic heterocycles. The number of hydrogen-bond acceptors (Lipinski definition) is 3. The molecule has 7 nitrogen and oxygen atoms in total. The van der Waals surface area contributed by atoms with Crippen LogP contribution in [0.15, 0.2) is 12.4 Å². The summed E-state index contributed by atoms with van der Waals surface area (Å²) in [5.41, 5.74) is 0. The number of rotatable bonds is 6. The molecule has 19 heavy (non-hydrogen) atoms. The summed E-state index contributed by atoms with van der Waals surface area (Å²) in [4.78, 5) is 26.7. The zero-order chi connectivity index (χ0) is 14.4. The number of aromatic nitrogens is 2. The van der Waals surface area contributed by atoms with E-state index in [1.54, 1.807) is 17.0 Å². The van der Waals surface area contributed by atoms with Gasteiger partial charge in [0.05, 0.1) is 6.54 Å². The fourth-order valence-corrected chi connectivity index (χ4v) is 1.63. The van der Waals surface area contributed by atoms with Gasteiger partial charge in [-0.15, -0.1) is 0 Å². The zero-order valence-corrected chi connectivity index (χ0v) is 11.4. The number of imidazole rings is 1. The molecule has 0 saturated carbocycles. The highest BCUT2D eigenvalue weighted by atomic mass is 16.4. The van der Waals surface area contributed by atoms with Gasteiger partial charge in [-0.25, -0.2) is 14.6 Å². The van der Waals surface area contributed by atoms with Crippen LogP contribution in [-0.2, 0) is 18.4 Å². The average molecular weight is 268 g/mol. The zero-order valence-electron chi connectivity index (χ0n) is 11.4. The molecule has 0 aliphatic carbocycles. The number of aryl methyl sites for hydroxylation is 1. The fourth-order valence-electron chi connectivity index (χ4n) is 1.63. The van der Waals surface area contributed by atoms with Gasteiger partial charge in [0.15, 0.2) is 0 Å². The van der Waals surface area contributed by atoms with Crippen LogP contribution in [0.3, 0.4) is 0 Å². The monoisotopic (exact) mass is 268 g/mol. The third kappa shape index (κ3) is 4.99. The molecule has 106 valence electrons. The fraction of sp³-hybridized carbons (Fsp3) is 0.583. The third-order valence-electron chi connectivity index (χ3n) is 2.64. The van der Waals surface area contributed by atoms with Crippen molar-refractivity contribution in [3.8, 4) is 0 Å². The predicted molar refractivity (Wildman–Crippen MR) is 69.5 cm³/mol. The number of carbonyl (C=O) groups excluding carboxylic acids is 1. The van der Waals surface area contributed by atoms with Crippen molar-refractivity contribution in [1.82, 2.24) is 20.2 Å². The van der Waals surface area contributed by atoms with Gasteiger partial charge in [0, 0.05) is 19.4 Å². The lowest BCUT2D eigenvalue weighted by Gasteiger charge is -2.16. The van der Waals surface area contributed by atoms with E-state index < -0.39 is 18.0 Å².